The minimum absolute atomic E-state index is 0.206. The topological polar surface area (TPSA) is 44.0 Å². The van der Waals surface area contributed by atoms with E-state index in [1.54, 1.807) is 19.1 Å². The van der Waals surface area contributed by atoms with Crippen LogP contribution in [0.2, 0.25) is 5.02 Å². The Morgan fingerprint density at radius 1 is 1.00 bits per heavy atom. The third kappa shape index (κ3) is 2.18. The van der Waals surface area contributed by atoms with Crippen molar-refractivity contribution in [3.05, 3.63) is 51.5 Å². The number of hydrogen-bond acceptors (Lipinski definition) is 2. The summed E-state index contributed by atoms with van der Waals surface area (Å²) in [6, 6.07) is 9.25. The number of aromatic hydroxyl groups is 1. The van der Waals surface area contributed by atoms with Crippen LogP contribution in [0, 0.1) is 32.1 Å². The number of phenols is 1. The predicted molar refractivity (Wildman–Crippen MR) is 77.5 cm³/mol. The Labute approximate surface area is 117 Å². The molecule has 0 fully saturated rings. The monoisotopic (exact) mass is 271 g/mol. The van der Waals surface area contributed by atoms with Gasteiger partial charge in [-0.1, -0.05) is 23.7 Å². The Bertz CT molecular complexity index is 652. The highest BCUT2D eigenvalue weighted by molar-refractivity contribution is 6.32. The number of halogens is 1. The molecule has 19 heavy (non-hydrogen) atoms. The molecule has 0 saturated carbocycles. The summed E-state index contributed by atoms with van der Waals surface area (Å²) in [5.74, 6) is 0.206. The van der Waals surface area contributed by atoms with Gasteiger partial charge in [-0.25, -0.2) is 0 Å². The van der Waals surface area contributed by atoms with Crippen molar-refractivity contribution in [2.45, 2.75) is 20.8 Å². The van der Waals surface area contributed by atoms with Crippen LogP contribution in [0.5, 0.6) is 5.75 Å². The first-order valence-electron chi connectivity index (χ1n) is 5.96. The van der Waals surface area contributed by atoms with Gasteiger partial charge in [-0.3, -0.25) is 0 Å². The minimum atomic E-state index is 0.206. The number of nitrogens with zero attached hydrogens (tertiary/aromatic N) is 1. The Morgan fingerprint density at radius 3 is 2.11 bits per heavy atom. The van der Waals surface area contributed by atoms with E-state index in [9.17, 15) is 5.11 Å². The van der Waals surface area contributed by atoms with Crippen molar-refractivity contribution in [1.29, 1.82) is 5.26 Å². The van der Waals surface area contributed by atoms with Crippen molar-refractivity contribution in [2.24, 2.45) is 0 Å². The van der Waals surface area contributed by atoms with Gasteiger partial charge in [0.25, 0.3) is 0 Å². The van der Waals surface area contributed by atoms with Crippen molar-refractivity contribution in [1.82, 2.24) is 0 Å². The van der Waals surface area contributed by atoms with Crippen molar-refractivity contribution in [2.75, 3.05) is 0 Å². The fraction of sp³-hybridized carbons (Fsp3) is 0.188. The summed E-state index contributed by atoms with van der Waals surface area (Å²) in [5.41, 5.74) is 4.88. The molecule has 0 aliphatic rings. The smallest absolute Gasteiger partial charge is 0.128 e. The molecule has 0 radical (unpaired) electrons. The summed E-state index contributed by atoms with van der Waals surface area (Å²) in [6.45, 7) is 5.68. The molecule has 2 rings (SSSR count). The largest absolute Gasteiger partial charge is 0.507 e. The normalized spacial score (nSPS) is 10.3. The van der Waals surface area contributed by atoms with Gasteiger partial charge < -0.3 is 5.11 Å². The molecule has 0 aliphatic carbocycles. The molecule has 0 atom stereocenters. The van der Waals surface area contributed by atoms with E-state index >= 15 is 0 Å². The summed E-state index contributed by atoms with van der Waals surface area (Å²) in [7, 11) is 0. The molecule has 3 heteroatoms. The van der Waals surface area contributed by atoms with E-state index in [-0.39, 0.29) is 5.75 Å². The second-order valence-electron chi connectivity index (χ2n) is 4.60. The van der Waals surface area contributed by atoms with Gasteiger partial charge in [0.15, 0.2) is 0 Å². The van der Waals surface area contributed by atoms with Gasteiger partial charge in [0, 0.05) is 11.1 Å². The molecule has 0 unspecified atom stereocenters. The lowest BCUT2D eigenvalue weighted by molar-refractivity contribution is 0.472. The van der Waals surface area contributed by atoms with Crippen molar-refractivity contribution >= 4 is 11.6 Å². The third-order valence-corrected chi connectivity index (χ3v) is 4.06. The zero-order valence-corrected chi connectivity index (χ0v) is 11.8. The van der Waals surface area contributed by atoms with Gasteiger partial charge >= 0.3 is 0 Å². The van der Waals surface area contributed by atoms with Gasteiger partial charge in [0.05, 0.1) is 16.7 Å². The summed E-state index contributed by atoms with van der Waals surface area (Å²) in [6.07, 6.45) is 0. The molecule has 0 saturated heterocycles. The van der Waals surface area contributed by atoms with Gasteiger partial charge in [-0.2, -0.15) is 5.26 Å². The Morgan fingerprint density at radius 2 is 1.58 bits per heavy atom. The minimum Gasteiger partial charge on any atom is -0.507 e. The van der Waals surface area contributed by atoms with Crippen LogP contribution in [0.15, 0.2) is 24.3 Å². The maximum absolute atomic E-state index is 10.3. The van der Waals surface area contributed by atoms with Crippen LogP contribution in [0.25, 0.3) is 11.1 Å². The summed E-state index contributed by atoms with van der Waals surface area (Å²) in [5, 5.41) is 19.7. The van der Waals surface area contributed by atoms with Gasteiger partial charge in [-0.05, 0) is 49.6 Å². The first-order chi connectivity index (χ1) is 8.97. The highest BCUT2D eigenvalue weighted by atomic mass is 35.5. The van der Waals surface area contributed by atoms with Crippen molar-refractivity contribution < 1.29 is 5.11 Å². The lowest BCUT2D eigenvalue weighted by Crippen LogP contribution is -1.93. The fourth-order valence-corrected chi connectivity index (χ4v) is 2.40. The Kier molecular flexibility index (Phi) is 3.50. The van der Waals surface area contributed by atoms with Crippen molar-refractivity contribution in [3.8, 4) is 22.9 Å². The molecule has 0 amide bonds. The quantitative estimate of drug-likeness (QED) is 0.829. The number of hydrogen-bond donors (Lipinski definition) is 1. The van der Waals surface area contributed by atoms with Crippen LogP contribution in [0.1, 0.15) is 22.3 Å². The molecule has 0 aromatic heterocycles. The zero-order valence-electron chi connectivity index (χ0n) is 11.1. The van der Waals surface area contributed by atoms with Crippen LogP contribution < -0.4 is 0 Å². The molecular weight excluding hydrogens is 258 g/mol. The van der Waals surface area contributed by atoms with Crippen LogP contribution in [0.4, 0.5) is 0 Å². The van der Waals surface area contributed by atoms with Gasteiger partial charge in [-0.15, -0.1) is 0 Å². The number of phenolic OH excluding ortho intramolecular Hbond substituents is 1. The van der Waals surface area contributed by atoms with E-state index in [0.29, 0.717) is 16.1 Å². The van der Waals surface area contributed by atoms with Gasteiger partial charge in [0.2, 0.25) is 0 Å². The summed E-state index contributed by atoms with van der Waals surface area (Å²) >= 11 is 6.19. The molecule has 0 spiro atoms. The van der Waals surface area contributed by atoms with Crippen LogP contribution in [0.3, 0.4) is 0 Å². The van der Waals surface area contributed by atoms with Crippen molar-refractivity contribution in [3.63, 3.8) is 0 Å². The summed E-state index contributed by atoms with van der Waals surface area (Å²) < 4.78 is 0. The second kappa shape index (κ2) is 4.95. The lowest BCUT2D eigenvalue weighted by atomic mass is 9.93. The average molecular weight is 272 g/mol. The van der Waals surface area contributed by atoms with E-state index in [1.807, 2.05) is 26.0 Å². The molecule has 1 N–H and O–H groups in total. The lowest BCUT2D eigenvalue weighted by Gasteiger charge is -2.16. The Hall–Kier alpha value is -1.98. The standard InChI is InChI=1S/C16H14ClNO/c1-9-10(2)15(17)11(3)16(19)14(9)13-6-4-12(8-18)5-7-13/h4-7,19H,1-3H3. The number of rotatable bonds is 1. The predicted octanol–water partition coefficient (Wildman–Crippen LogP) is 4.51. The van der Waals surface area contributed by atoms with Crippen LogP contribution >= 0.6 is 11.6 Å². The Balaban J connectivity index is 2.72. The van der Waals surface area contributed by atoms with Gasteiger partial charge in [0.1, 0.15) is 5.75 Å². The van der Waals surface area contributed by atoms with E-state index < -0.39 is 0 Å². The molecule has 2 aromatic carbocycles. The molecule has 96 valence electrons. The first-order valence-corrected chi connectivity index (χ1v) is 6.34. The average Bonchev–Trinajstić information content (AvgIpc) is 2.44. The van der Waals surface area contributed by atoms with Crippen LogP contribution in [-0.2, 0) is 0 Å². The van der Waals surface area contributed by atoms with E-state index in [1.165, 1.54) is 0 Å². The molecule has 2 nitrogen and oxygen atoms in total. The summed E-state index contributed by atoms with van der Waals surface area (Å²) in [4.78, 5) is 0. The molecule has 2 aromatic rings. The maximum atomic E-state index is 10.3. The second-order valence-corrected chi connectivity index (χ2v) is 4.98. The zero-order chi connectivity index (χ0) is 14.2. The third-order valence-electron chi connectivity index (χ3n) is 3.49. The SMILES string of the molecule is Cc1c(C)c(-c2ccc(C#N)cc2)c(O)c(C)c1Cl. The fourth-order valence-electron chi connectivity index (χ4n) is 2.17. The molecule has 0 heterocycles. The molecule has 0 aliphatic heterocycles. The molecular formula is C16H14ClNO. The highest BCUT2D eigenvalue weighted by Gasteiger charge is 2.16. The number of nitriles is 1. The van der Waals surface area contributed by atoms with Crippen LogP contribution in [-0.4, -0.2) is 5.11 Å². The maximum Gasteiger partial charge on any atom is 0.128 e. The first kappa shape index (κ1) is 13.5. The van der Waals surface area contributed by atoms with E-state index in [0.717, 1.165) is 22.3 Å². The van der Waals surface area contributed by atoms with E-state index in [2.05, 4.69) is 6.07 Å². The van der Waals surface area contributed by atoms with E-state index in [4.69, 9.17) is 16.9 Å². The highest BCUT2D eigenvalue weighted by Crippen LogP contribution is 2.41. The molecule has 0 bridgehead atoms. The number of benzene rings is 2.